The minimum Gasteiger partial charge on any atom is -0.481 e. The molecule has 0 fully saturated rings. The summed E-state index contributed by atoms with van der Waals surface area (Å²) in [5, 5.41) is 3.36. The van der Waals surface area contributed by atoms with Crippen LogP contribution in [0.1, 0.15) is 19.7 Å². The number of nitrogens with zero attached hydrogens (tertiary/aromatic N) is 2. The number of imidazole rings is 1. The third kappa shape index (κ3) is 2.74. The van der Waals surface area contributed by atoms with E-state index in [4.69, 9.17) is 4.74 Å². The van der Waals surface area contributed by atoms with Gasteiger partial charge in [0.05, 0.1) is 12.6 Å². The van der Waals surface area contributed by atoms with Crippen molar-refractivity contribution in [1.29, 1.82) is 0 Å². The molecule has 2 heterocycles. The molecule has 0 radical (unpaired) electrons. The minimum absolute atomic E-state index is 0.405. The molecule has 1 atom stereocenters. The molecule has 1 unspecified atom stereocenters. The van der Waals surface area contributed by atoms with E-state index >= 15 is 0 Å². The molecule has 0 aromatic carbocycles. The van der Waals surface area contributed by atoms with Gasteiger partial charge in [0.15, 0.2) is 5.65 Å². The summed E-state index contributed by atoms with van der Waals surface area (Å²) >= 11 is 0. The number of pyridine rings is 1. The van der Waals surface area contributed by atoms with Gasteiger partial charge in [-0.05, 0) is 19.5 Å². The number of fused-ring (bicyclic) bond motifs is 1. The molecule has 92 valence electrons. The topological polar surface area (TPSA) is 62.8 Å². The molecule has 0 aliphatic heterocycles. The van der Waals surface area contributed by atoms with E-state index in [1.54, 1.807) is 7.11 Å². The normalized spacial score (nSPS) is 12.9. The molecule has 2 rings (SSSR count). The molecule has 2 N–H and O–H groups in total. The third-order valence-corrected chi connectivity index (χ3v) is 2.63. The minimum atomic E-state index is 0.405. The zero-order chi connectivity index (χ0) is 12.3. The van der Waals surface area contributed by atoms with Gasteiger partial charge >= 0.3 is 0 Å². The van der Waals surface area contributed by atoms with E-state index in [0.29, 0.717) is 17.6 Å². The summed E-state index contributed by atoms with van der Waals surface area (Å²) in [6, 6.07) is 4.18. The van der Waals surface area contributed by atoms with Crippen molar-refractivity contribution in [3.05, 3.63) is 18.0 Å². The molecule has 5 nitrogen and oxygen atoms in total. The molecule has 0 aliphatic rings. The first-order valence-corrected chi connectivity index (χ1v) is 5.86. The van der Waals surface area contributed by atoms with Gasteiger partial charge in [0, 0.05) is 18.5 Å². The first kappa shape index (κ1) is 11.9. The van der Waals surface area contributed by atoms with Crippen molar-refractivity contribution in [3.8, 4) is 5.88 Å². The summed E-state index contributed by atoms with van der Waals surface area (Å²) in [7, 11) is 1.61. The van der Waals surface area contributed by atoms with Gasteiger partial charge in [0.1, 0.15) is 5.82 Å². The van der Waals surface area contributed by atoms with Gasteiger partial charge in [-0.2, -0.15) is 4.98 Å². The van der Waals surface area contributed by atoms with Gasteiger partial charge in [-0.1, -0.05) is 6.92 Å². The first-order valence-electron chi connectivity index (χ1n) is 5.86. The Morgan fingerprint density at radius 2 is 2.24 bits per heavy atom. The van der Waals surface area contributed by atoms with E-state index in [1.807, 2.05) is 12.1 Å². The van der Waals surface area contributed by atoms with Crippen LogP contribution in [0.25, 0.3) is 11.2 Å². The van der Waals surface area contributed by atoms with Crippen LogP contribution < -0.4 is 10.1 Å². The number of hydrogen-bond donors (Lipinski definition) is 2. The zero-order valence-corrected chi connectivity index (χ0v) is 10.4. The number of nitrogens with one attached hydrogen (secondary N) is 2. The molecule has 0 bridgehead atoms. The number of likely N-dealkylation sites (N-methyl/N-ethyl adjacent to an activating group) is 1. The number of aromatic nitrogens is 3. The molecule has 0 saturated carbocycles. The lowest BCUT2D eigenvalue weighted by molar-refractivity contribution is 0.399. The molecule has 17 heavy (non-hydrogen) atoms. The van der Waals surface area contributed by atoms with Crippen molar-refractivity contribution < 1.29 is 4.74 Å². The Bertz CT molecular complexity index is 494. The number of ether oxygens (including phenoxy) is 1. The standard InChI is InChI=1S/C12H18N4O/c1-4-13-8(2)7-10-14-9-5-6-11(17-3)16-12(9)15-10/h5-6,8,13H,4,7H2,1-3H3,(H,14,15,16). The van der Waals surface area contributed by atoms with Crippen LogP contribution in [0.4, 0.5) is 0 Å². The average Bonchev–Trinajstić information content (AvgIpc) is 2.69. The number of rotatable bonds is 5. The molecular formula is C12H18N4O. The van der Waals surface area contributed by atoms with Crippen molar-refractivity contribution in [2.45, 2.75) is 26.3 Å². The van der Waals surface area contributed by atoms with Crippen LogP contribution in [0.5, 0.6) is 5.88 Å². The average molecular weight is 234 g/mol. The fraction of sp³-hybridized carbons (Fsp3) is 0.500. The Hall–Kier alpha value is -1.62. The second kappa shape index (κ2) is 5.14. The van der Waals surface area contributed by atoms with Gasteiger partial charge in [-0.15, -0.1) is 0 Å². The van der Waals surface area contributed by atoms with Crippen LogP contribution in [-0.2, 0) is 6.42 Å². The second-order valence-electron chi connectivity index (χ2n) is 4.07. The maximum Gasteiger partial charge on any atom is 0.215 e. The lowest BCUT2D eigenvalue weighted by Crippen LogP contribution is -2.27. The van der Waals surface area contributed by atoms with Crippen LogP contribution in [0, 0.1) is 0 Å². The predicted molar refractivity (Wildman–Crippen MR) is 67.3 cm³/mol. The fourth-order valence-corrected chi connectivity index (χ4v) is 1.85. The van der Waals surface area contributed by atoms with E-state index in [1.165, 1.54) is 0 Å². The summed E-state index contributed by atoms with van der Waals surface area (Å²) < 4.78 is 5.07. The van der Waals surface area contributed by atoms with Crippen molar-refractivity contribution in [1.82, 2.24) is 20.3 Å². The van der Waals surface area contributed by atoms with Gasteiger partial charge in [0.2, 0.25) is 5.88 Å². The molecule has 0 saturated heterocycles. The number of H-pyrrole nitrogens is 1. The third-order valence-electron chi connectivity index (χ3n) is 2.63. The highest BCUT2D eigenvalue weighted by molar-refractivity contribution is 5.71. The summed E-state index contributed by atoms with van der Waals surface area (Å²) in [6.07, 6.45) is 0.868. The largest absolute Gasteiger partial charge is 0.481 e. The van der Waals surface area contributed by atoms with Crippen LogP contribution in [0.15, 0.2) is 12.1 Å². The summed E-state index contributed by atoms with van der Waals surface area (Å²) in [4.78, 5) is 12.0. The Kier molecular flexibility index (Phi) is 3.58. The summed E-state index contributed by atoms with van der Waals surface area (Å²) in [5.74, 6) is 1.55. The Morgan fingerprint density at radius 3 is 2.94 bits per heavy atom. The lowest BCUT2D eigenvalue weighted by Gasteiger charge is -2.09. The van der Waals surface area contributed by atoms with E-state index in [9.17, 15) is 0 Å². The molecule has 2 aromatic rings. The monoisotopic (exact) mass is 234 g/mol. The maximum atomic E-state index is 5.07. The number of aromatic amines is 1. The highest BCUT2D eigenvalue weighted by Crippen LogP contribution is 2.14. The highest BCUT2D eigenvalue weighted by Gasteiger charge is 2.08. The van der Waals surface area contributed by atoms with E-state index in [2.05, 4.69) is 34.1 Å². The molecule has 0 amide bonds. The van der Waals surface area contributed by atoms with Gasteiger partial charge in [-0.25, -0.2) is 4.98 Å². The molecule has 5 heteroatoms. The van der Waals surface area contributed by atoms with Crippen LogP contribution in [0.2, 0.25) is 0 Å². The SMILES string of the molecule is CCNC(C)Cc1nc2nc(OC)ccc2[nH]1. The van der Waals surface area contributed by atoms with Crippen molar-refractivity contribution >= 4 is 11.2 Å². The highest BCUT2D eigenvalue weighted by atomic mass is 16.5. The molecule has 0 aliphatic carbocycles. The summed E-state index contributed by atoms with van der Waals surface area (Å²) in [5.41, 5.74) is 1.66. The van der Waals surface area contributed by atoms with Crippen LogP contribution in [-0.4, -0.2) is 34.6 Å². The number of methoxy groups -OCH3 is 1. The Balaban J connectivity index is 2.19. The zero-order valence-electron chi connectivity index (χ0n) is 10.4. The van der Waals surface area contributed by atoms with Gasteiger partial charge < -0.3 is 15.0 Å². The van der Waals surface area contributed by atoms with Crippen LogP contribution in [0.3, 0.4) is 0 Å². The van der Waals surface area contributed by atoms with E-state index in [-0.39, 0.29) is 0 Å². The van der Waals surface area contributed by atoms with Crippen molar-refractivity contribution in [3.63, 3.8) is 0 Å². The van der Waals surface area contributed by atoms with E-state index < -0.39 is 0 Å². The van der Waals surface area contributed by atoms with Gasteiger partial charge in [0.25, 0.3) is 0 Å². The molecule has 2 aromatic heterocycles. The van der Waals surface area contributed by atoms with E-state index in [0.717, 1.165) is 24.3 Å². The first-order chi connectivity index (χ1) is 8.22. The fourth-order valence-electron chi connectivity index (χ4n) is 1.85. The lowest BCUT2D eigenvalue weighted by atomic mass is 10.2. The predicted octanol–water partition coefficient (Wildman–Crippen LogP) is 1.51. The Labute approximate surface area is 101 Å². The number of hydrogen-bond acceptors (Lipinski definition) is 4. The van der Waals surface area contributed by atoms with Crippen molar-refractivity contribution in [2.75, 3.05) is 13.7 Å². The van der Waals surface area contributed by atoms with Crippen LogP contribution >= 0.6 is 0 Å². The molecular weight excluding hydrogens is 216 g/mol. The second-order valence-corrected chi connectivity index (χ2v) is 4.07. The van der Waals surface area contributed by atoms with Gasteiger partial charge in [-0.3, -0.25) is 0 Å². The maximum absolute atomic E-state index is 5.07. The van der Waals surface area contributed by atoms with Crippen molar-refractivity contribution in [2.24, 2.45) is 0 Å². The smallest absolute Gasteiger partial charge is 0.215 e. The summed E-state index contributed by atoms with van der Waals surface area (Å²) in [6.45, 7) is 5.21. The quantitative estimate of drug-likeness (QED) is 0.823. The molecule has 0 spiro atoms. The Morgan fingerprint density at radius 1 is 1.41 bits per heavy atom.